The summed E-state index contributed by atoms with van der Waals surface area (Å²) in [5, 5.41) is 7.71. The van der Waals surface area contributed by atoms with Crippen molar-refractivity contribution >= 4 is 17.3 Å². The van der Waals surface area contributed by atoms with Crippen LogP contribution in [0.2, 0.25) is 0 Å². The Labute approximate surface area is 154 Å². The number of benzene rings is 1. The van der Waals surface area contributed by atoms with Crippen LogP contribution in [-0.4, -0.2) is 23.6 Å². The van der Waals surface area contributed by atoms with Gasteiger partial charge < -0.3 is 15.4 Å². The molecule has 0 aliphatic rings. The number of aromatic nitrogens is 1. The van der Waals surface area contributed by atoms with E-state index in [4.69, 9.17) is 4.74 Å². The summed E-state index contributed by atoms with van der Waals surface area (Å²) in [5.41, 5.74) is 1.97. The Hall–Kier alpha value is -2.08. The molecule has 0 spiro atoms. The van der Waals surface area contributed by atoms with E-state index in [1.54, 1.807) is 18.4 Å². The van der Waals surface area contributed by atoms with Crippen LogP contribution in [0.1, 0.15) is 41.9 Å². The van der Waals surface area contributed by atoms with E-state index in [2.05, 4.69) is 54.4 Å². The number of para-hydroxylation sites is 1. The van der Waals surface area contributed by atoms with Gasteiger partial charge in [0.1, 0.15) is 16.4 Å². The second-order valence-corrected chi connectivity index (χ2v) is 8.14. The van der Waals surface area contributed by atoms with Gasteiger partial charge in [0.25, 0.3) is 0 Å². The maximum Gasteiger partial charge on any atom is 0.191 e. The lowest BCUT2D eigenvalue weighted by Gasteiger charge is -2.23. The standard InChI is InChI=1S/C19H28N4OS/c1-13-14(2)25-17(23-13)12-22-18(20-6)21-11-15-9-7-8-10-16(15)24-19(3,4)5/h7-10H,11-12H2,1-6H3,(H2,20,21,22). The molecule has 0 saturated carbocycles. The van der Waals surface area contributed by atoms with E-state index in [9.17, 15) is 0 Å². The Morgan fingerprint density at radius 2 is 1.84 bits per heavy atom. The zero-order chi connectivity index (χ0) is 18.4. The molecule has 0 aliphatic carbocycles. The zero-order valence-electron chi connectivity index (χ0n) is 15.9. The van der Waals surface area contributed by atoms with E-state index in [1.165, 1.54) is 4.88 Å². The monoisotopic (exact) mass is 360 g/mol. The van der Waals surface area contributed by atoms with Crippen LogP contribution in [-0.2, 0) is 13.1 Å². The molecule has 0 fully saturated rings. The molecule has 5 nitrogen and oxygen atoms in total. The van der Waals surface area contributed by atoms with Gasteiger partial charge in [-0.2, -0.15) is 0 Å². The average molecular weight is 361 g/mol. The first-order valence-corrected chi connectivity index (χ1v) is 9.24. The predicted molar refractivity (Wildman–Crippen MR) is 105 cm³/mol. The fourth-order valence-electron chi connectivity index (χ4n) is 2.25. The number of guanidine groups is 1. The van der Waals surface area contributed by atoms with Crippen LogP contribution in [0.5, 0.6) is 5.75 Å². The second kappa shape index (κ2) is 8.34. The highest BCUT2D eigenvalue weighted by atomic mass is 32.1. The van der Waals surface area contributed by atoms with Crippen molar-refractivity contribution in [2.75, 3.05) is 7.05 Å². The summed E-state index contributed by atoms with van der Waals surface area (Å²) in [6, 6.07) is 8.07. The third-order valence-electron chi connectivity index (χ3n) is 3.54. The second-order valence-electron chi connectivity index (χ2n) is 6.85. The van der Waals surface area contributed by atoms with E-state index in [0.29, 0.717) is 13.1 Å². The van der Waals surface area contributed by atoms with Gasteiger partial charge in [0, 0.05) is 24.0 Å². The number of aryl methyl sites for hydroxylation is 2. The predicted octanol–water partition coefficient (Wildman–Crippen LogP) is 3.80. The molecule has 0 atom stereocenters. The summed E-state index contributed by atoms with van der Waals surface area (Å²) in [7, 11) is 1.77. The maximum absolute atomic E-state index is 6.04. The molecule has 0 saturated heterocycles. The molecule has 25 heavy (non-hydrogen) atoms. The molecule has 2 aromatic rings. The van der Waals surface area contributed by atoms with Crippen LogP contribution in [0, 0.1) is 13.8 Å². The van der Waals surface area contributed by atoms with Crippen molar-refractivity contribution in [2.45, 2.75) is 53.3 Å². The number of rotatable bonds is 5. The molecule has 2 rings (SSSR count). The fourth-order valence-corrected chi connectivity index (χ4v) is 3.13. The first kappa shape index (κ1) is 19.2. The van der Waals surface area contributed by atoms with Crippen LogP contribution in [0.25, 0.3) is 0 Å². The minimum Gasteiger partial charge on any atom is -0.488 e. The van der Waals surface area contributed by atoms with Crippen molar-refractivity contribution in [1.82, 2.24) is 15.6 Å². The largest absolute Gasteiger partial charge is 0.488 e. The number of nitrogens with zero attached hydrogens (tertiary/aromatic N) is 2. The molecule has 2 N–H and O–H groups in total. The smallest absolute Gasteiger partial charge is 0.191 e. The van der Waals surface area contributed by atoms with E-state index in [1.807, 2.05) is 25.1 Å². The van der Waals surface area contributed by atoms with Crippen LogP contribution >= 0.6 is 11.3 Å². The Bertz CT molecular complexity index is 712. The Morgan fingerprint density at radius 3 is 2.44 bits per heavy atom. The molecular formula is C19H28N4OS. The SMILES string of the molecule is CN=C(NCc1nc(C)c(C)s1)NCc1ccccc1OC(C)(C)C. The molecule has 0 radical (unpaired) electrons. The topological polar surface area (TPSA) is 58.5 Å². The van der Waals surface area contributed by atoms with Crippen molar-refractivity contribution in [3.8, 4) is 5.75 Å². The summed E-state index contributed by atoms with van der Waals surface area (Å²) in [6.07, 6.45) is 0. The highest BCUT2D eigenvalue weighted by Crippen LogP contribution is 2.22. The summed E-state index contributed by atoms with van der Waals surface area (Å²) >= 11 is 1.71. The third kappa shape index (κ3) is 6.05. The summed E-state index contributed by atoms with van der Waals surface area (Å²) < 4.78 is 6.04. The number of nitrogens with one attached hydrogen (secondary N) is 2. The molecule has 0 amide bonds. The van der Waals surface area contributed by atoms with Crippen molar-refractivity contribution in [2.24, 2.45) is 4.99 Å². The van der Waals surface area contributed by atoms with Crippen molar-refractivity contribution < 1.29 is 4.74 Å². The number of ether oxygens (including phenoxy) is 1. The van der Waals surface area contributed by atoms with Gasteiger partial charge in [-0.25, -0.2) is 4.98 Å². The molecule has 1 heterocycles. The number of hydrogen-bond donors (Lipinski definition) is 2. The van der Waals surface area contributed by atoms with Gasteiger partial charge in [-0.05, 0) is 40.7 Å². The quantitative estimate of drug-likeness (QED) is 0.629. The van der Waals surface area contributed by atoms with Crippen molar-refractivity contribution in [1.29, 1.82) is 0 Å². The molecule has 0 unspecified atom stereocenters. The van der Waals surface area contributed by atoms with Crippen LogP contribution in [0.3, 0.4) is 0 Å². The summed E-state index contributed by atoms with van der Waals surface area (Å²) in [5.74, 6) is 1.64. The summed E-state index contributed by atoms with van der Waals surface area (Å²) in [6.45, 7) is 11.6. The normalized spacial score (nSPS) is 12.2. The van der Waals surface area contributed by atoms with Gasteiger partial charge in [0.15, 0.2) is 5.96 Å². The zero-order valence-corrected chi connectivity index (χ0v) is 16.8. The molecular weight excluding hydrogens is 332 g/mol. The lowest BCUT2D eigenvalue weighted by Crippen LogP contribution is -2.36. The Morgan fingerprint density at radius 1 is 1.16 bits per heavy atom. The maximum atomic E-state index is 6.04. The first-order valence-electron chi connectivity index (χ1n) is 8.43. The van der Waals surface area contributed by atoms with Crippen molar-refractivity contribution in [3.05, 3.63) is 45.4 Å². The fraction of sp³-hybridized carbons (Fsp3) is 0.474. The minimum atomic E-state index is -0.226. The van der Waals surface area contributed by atoms with Gasteiger partial charge in [0.05, 0.1) is 12.2 Å². The van der Waals surface area contributed by atoms with Crippen LogP contribution < -0.4 is 15.4 Å². The van der Waals surface area contributed by atoms with E-state index in [-0.39, 0.29) is 5.60 Å². The van der Waals surface area contributed by atoms with Gasteiger partial charge in [-0.15, -0.1) is 11.3 Å². The molecule has 136 valence electrons. The van der Waals surface area contributed by atoms with Gasteiger partial charge in [-0.1, -0.05) is 18.2 Å². The average Bonchev–Trinajstić information content (AvgIpc) is 2.86. The summed E-state index contributed by atoms with van der Waals surface area (Å²) in [4.78, 5) is 10.1. The molecule has 0 bridgehead atoms. The first-order chi connectivity index (χ1) is 11.8. The van der Waals surface area contributed by atoms with Gasteiger partial charge in [0.2, 0.25) is 0 Å². The van der Waals surface area contributed by atoms with E-state index in [0.717, 1.165) is 28.0 Å². The minimum absolute atomic E-state index is 0.226. The number of aliphatic imine (C=N–C) groups is 1. The lowest BCUT2D eigenvalue weighted by molar-refractivity contribution is 0.129. The van der Waals surface area contributed by atoms with Gasteiger partial charge in [-0.3, -0.25) is 4.99 Å². The van der Waals surface area contributed by atoms with E-state index >= 15 is 0 Å². The lowest BCUT2D eigenvalue weighted by atomic mass is 10.1. The number of hydrogen-bond acceptors (Lipinski definition) is 4. The number of thiazole rings is 1. The molecule has 6 heteroatoms. The highest BCUT2D eigenvalue weighted by Gasteiger charge is 2.14. The van der Waals surface area contributed by atoms with Gasteiger partial charge >= 0.3 is 0 Å². The highest BCUT2D eigenvalue weighted by molar-refractivity contribution is 7.11. The third-order valence-corrected chi connectivity index (χ3v) is 4.61. The van der Waals surface area contributed by atoms with E-state index < -0.39 is 0 Å². The van der Waals surface area contributed by atoms with Crippen LogP contribution in [0.15, 0.2) is 29.3 Å². The molecule has 1 aromatic heterocycles. The Kier molecular flexibility index (Phi) is 6.42. The molecule has 1 aromatic carbocycles. The van der Waals surface area contributed by atoms with Crippen LogP contribution in [0.4, 0.5) is 0 Å². The molecule has 0 aliphatic heterocycles. The Balaban J connectivity index is 1.95. The van der Waals surface area contributed by atoms with Crippen molar-refractivity contribution in [3.63, 3.8) is 0 Å².